The van der Waals surface area contributed by atoms with Crippen molar-refractivity contribution < 1.29 is 24.2 Å². The van der Waals surface area contributed by atoms with Crippen LogP contribution in [0.5, 0.6) is 0 Å². The van der Waals surface area contributed by atoms with Gasteiger partial charge in [-0.15, -0.1) is 11.3 Å². The zero-order chi connectivity index (χ0) is 21.8. The molecule has 0 aliphatic heterocycles. The number of carboxylic acid groups (broad SMARTS) is 1. The van der Waals surface area contributed by atoms with E-state index in [9.17, 15) is 19.5 Å². The molecule has 1 aromatic heterocycles. The molecule has 1 heterocycles. The minimum Gasteiger partial charge on any atom is -0.481 e. The van der Waals surface area contributed by atoms with Gasteiger partial charge < -0.3 is 15.2 Å². The monoisotopic (exact) mass is 447 g/mol. The van der Waals surface area contributed by atoms with Crippen LogP contribution in [-0.4, -0.2) is 29.1 Å². The Morgan fingerprint density at radius 2 is 1.77 bits per heavy atom. The van der Waals surface area contributed by atoms with Gasteiger partial charge >= 0.3 is 11.9 Å². The predicted molar refractivity (Wildman–Crippen MR) is 117 cm³/mol. The van der Waals surface area contributed by atoms with Crippen LogP contribution >= 0.6 is 22.9 Å². The van der Waals surface area contributed by atoms with Crippen molar-refractivity contribution in [2.45, 2.75) is 32.8 Å². The number of benzene rings is 1. The number of hydrogen-bond donors (Lipinski definition) is 2. The third-order valence-corrected chi connectivity index (χ3v) is 5.96. The number of esters is 1. The third kappa shape index (κ3) is 4.91. The highest BCUT2D eigenvalue weighted by molar-refractivity contribution is 7.15. The number of aliphatic carboxylic acids is 1. The summed E-state index contributed by atoms with van der Waals surface area (Å²) in [7, 11) is 0. The molecule has 0 unspecified atom stereocenters. The van der Waals surface area contributed by atoms with Crippen LogP contribution in [0.25, 0.3) is 11.1 Å². The molecule has 3 rings (SSSR count). The van der Waals surface area contributed by atoms with Crippen molar-refractivity contribution in [3.8, 4) is 11.1 Å². The van der Waals surface area contributed by atoms with Crippen LogP contribution in [0.2, 0.25) is 5.02 Å². The fourth-order valence-corrected chi connectivity index (χ4v) is 4.44. The lowest BCUT2D eigenvalue weighted by Gasteiger charge is -2.24. The minimum atomic E-state index is -1.01. The van der Waals surface area contributed by atoms with Crippen molar-refractivity contribution in [3.63, 3.8) is 0 Å². The number of allylic oxidation sites excluding steroid dienone is 2. The Balaban J connectivity index is 1.95. The zero-order valence-electron chi connectivity index (χ0n) is 16.6. The van der Waals surface area contributed by atoms with E-state index in [1.807, 2.05) is 6.08 Å². The standard InChI is InChI=1S/C22H22ClNO5S/c1-12(2)29-22(28)18-17(13-7-9-14(23)10-8-13)11-30-20(18)24-19(25)15-5-3-4-6-16(15)21(26)27/h3-4,7-12,15-16H,5-6H2,1-2H3,(H,24,25)(H,26,27)/t15-,16-/m0/s1. The van der Waals surface area contributed by atoms with E-state index >= 15 is 0 Å². The molecular weight excluding hydrogens is 426 g/mol. The van der Waals surface area contributed by atoms with Crippen LogP contribution in [0.3, 0.4) is 0 Å². The van der Waals surface area contributed by atoms with Gasteiger partial charge in [0.15, 0.2) is 0 Å². The molecule has 0 fully saturated rings. The van der Waals surface area contributed by atoms with Gasteiger partial charge in [0.2, 0.25) is 5.91 Å². The largest absolute Gasteiger partial charge is 0.481 e. The van der Waals surface area contributed by atoms with Gasteiger partial charge in [0.05, 0.1) is 17.9 Å². The summed E-state index contributed by atoms with van der Waals surface area (Å²) in [6.45, 7) is 3.49. The maximum atomic E-state index is 12.9. The molecule has 1 amide bonds. The molecule has 1 aliphatic carbocycles. The molecule has 6 nitrogen and oxygen atoms in total. The number of amides is 1. The molecule has 0 saturated heterocycles. The van der Waals surface area contributed by atoms with Crippen LogP contribution in [-0.2, 0) is 14.3 Å². The van der Waals surface area contributed by atoms with Crippen molar-refractivity contribution in [3.05, 3.63) is 52.4 Å². The number of carbonyl (C=O) groups excluding carboxylic acids is 2. The minimum absolute atomic E-state index is 0.252. The number of rotatable bonds is 6. The third-order valence-electron chi connectivity index (χ3n) is 4.82. The van der Waals surface area contributed by atoms with E-state index in [1.54, 1.807) is 49.6 Å². The van der Waals surface area contributed by atoms with Crippen molar-refractivity contribution >= 4 is 45.8 Å². The van der Waals surface area contributed by atoms with E-state index in [0.717, 1.165) is 5.56 Å². The highest BCUT2D eigenvalue weighted by Crippen LogP contribution is 2.38. The maximum absolute atomic E-state index is 12.9. The second kappa shape index (κ2) is 9.45. The van der Waals surface area contributed by atoms with Crippen molar-refractivity contribution in [2.24, 2.45) is 11.8 Å². The van der Waals surface area contributed by atoms with Gasteiger partial charge in [0.25, 0.3) is 0 Å². The summed E-state index contributed by atoms with van der Waals surface area (Å²) < 4.78 is 5.39. The number of carbonyl (C=O) groups is 3. The van der Waals surface area contributed by atoms with Crippen molar-refractivity contribution in [2.75, 3.05) is 5.32 Å². The van der Waals surface area contributed by atoms with E-state index in [2.05, 4.69) is 5.32 Å². The Bertz CT molecular complexity index is 980. The first-order chi connectivity index (χ1) is 14.3. The number of halogens is 1. The first-order valence-electron chi connectivity index (χ1n) is 9.55. The Kier molecular flexibility index (Phi) is 6.95. The average molecular weight is 448 g/mol. The molecular formula is C22H22ClNO5S. The number of hydrogen-bond acceptors (Lipinski definition) is 5. The lowest BCUT2D eigenvalue weighted by atomic mass is 9.82. The first kappa shape index (κ1) is 22.1. The topological polar surface area (TPSA) is 92.7 Å². The van der Waals surface area contributed by atoms with E-state index < -0.39 is 29.7 Å². The molecule has 2 aromatic rings. The number of carboxylic acids is 1. The quantitative estimate of drug-likeness (QED) is 0.466. The zero-order valence-corrected chi connectivity index (χ0v) is 18.1. The maximum Gasteiger partial charge on any atom is 0.342 e. The molecule has 0 bridgehead atoms. The molecule has 2 atom stereocenters. The second-order valence-corrected chi connectivity index (χ2v) is 8.61. The van der Waals surface area contributed by atoms with Crippen molar-refractivity contribution in [1.82, 2.24) is 0 Å². The molecule has 158 valence electrons. The molecule has 1 aliphatic rings. The summed E-state index contributed by atoms with van der Waals surface area (Å²) >= 11 is 7.17. The normalized spacial score (nSPS) is 18.3. The van der Waals surface area contributed by atoms with Gasteiger partial charge in [-0.3, -0.25) is 9.59 Å². The van der Waals surface area contributed by atoms with Gasteiger partial charge in [0, 0.05) is 16.0 Å². The molecule has 8 heteroatoms. The fourth-order valence-electron chi connectivity index (χ4n) is 3.35. The summed E-state index contributed by atoms with van der Waals surface area (Å²) in [5, 5.41) is 14.9. The summed E-state index contributed by atoms with van der Waals surface area (Å²) in [5.74, 6) is -3.48. The number of anilines is 1. The second-order valence-electron chi connectivity index (χ2n) is 7.30. The summed E-state index contributed by atoms with van der Waals surface area (Å²) in [5.41, 5.74) is 1.63. The molecule has 0 radical (unpaired) electrons. The summed E-state index contributed by atoms with van der Waals surface area (Å²) in [6, 6.07) is 7.01. The number of nitrogens with one attached hydrogen (secondary N) is 1. The van der Waals surface area contributed by atoms with Gasteiger partial charge in [-0.2, -0.15) is 0 Å². The molecule has 0 saturated carbocycles. The molecule has 0 spiro atoms. The molecule has 1 aromatic carbocycles. The van der Waals surface area contributed by atoms with Crippen LogP contribution in [0, 0.1) is 11.8 Å². The molecule has 30 heavy (non-hydrogen) atoms. The Morgan fingerprint density at radius 3 is 2.37 bits per heavy atom. The molecule has 2 N–H and O–H groups in total. The van der Waals surface area contributed by atoms with E-state index in [1.165, 1.54) is 11.3 Å². The smallest absolute Gasteiger partial charge is 0.342 e. The lowest BCUT2D eigenvalue weighted by molar-refractivity contribution is -0.146. The fraction of sp³-hybridized carbons (Fsp3) is 0.318. The highest BCUT2D eigenvalue weighted by atomic mass is 35.5. The Morgan fingerprint density at radius 1 is 1.13 bits per heavy atom. The van der Waals surface area contributed by atoms with Gasteiger partial charge in [0.1, 0.15) is 10.6 Å². The van der Waals surface area contributed by atoms with Gasteiger partial charge in [-0.25, -0.2) is 4.79 Å². The first-order valence-corrected chi connectivity index (χ1v) is 10.8. The van der Waals surface area contributed by atoms with Crippen LogP contribution < -0.4 is 5.32 Å². The van der Waals surface area contributed by atoms with E-state index in [4.69, 9.17) is 16.3 Å². The average Bonchev–Trinajstić information content (AvgIpc) is 3.11. The van der Waals surface area contributed by atoms with Crippen LogP contribution in [0.4, 0.5) is 5.00 Å². The Labute approximate surface area is 183 Å². The highest BCUT2D eigenvalue weighted by Gasteiger charge is 2.35. The van der Waals surface area contributed by atoms with Gasteiger partial charge in [-0.05, 0) is 44.4 Å². The number of ether oxygens (including phenoxy) is 1. The van der Waals surface area contributed by atoms with Crippen molar-refractivity contribution in [1.29, 1.82) is 0 Å². The lowest BCUT2D eigenvalue weighted by Crippen LogP contribution is -2.34. The number of thiophene rings is 1. The van der Waals surface area contributed by atoms with E-state index in [0.29, 0.717) is 28.4 Å². The van der Waals surface area contributed by atoms with Crippen LogP contribution in [0.15, 0.2) is 41.8 Å². The summed E-state index contributed by atoms with van der Waals surface area (Å²) in [4.78, 5) is 37.3. The van der Waals surface area contributed by atoms with Gasteiger partial charge in [-0.1, -0.05) is 35.9 Å². The van der Waals surface area contributed by atoms with E-state index in [-0.39, 0.29) is 11.7 Å². The SMILES string of the molecule is CC(C)OC(=O)c1c(-c2ccc(Cl)cc2)csc1NC(=O)[C@H]1CC=CC[C@@H]1C(=O)O. The van der Waals surface area contributed by atoms with Crippen LogP contribution in [0.1, 0.15) is 37.0 Å². The summed E-state index contributed by atoms with van der Waals surface area (Å²) in [6.07, 6.45) is 3.89. The predicted octanol–water partition coefficient (Wildman–Crippen LogP) is 5.24. The Hall–Kier alpha value is -2.64.